The monoisotopic (exact) mass is 632 g/mol. The van der Waals surface area contributed by atoms with Gasteiger partial charge in [0, 0.05) is 18.7 Å². The second-order valence-electron chi connectivity index (χ2n) is 8.74. The highest BCUT2D eigenvalue weighted by molar-refractivity contribution is 14.1. The summed E-state index contributed by atoms with van der Waals surface area (Å²) in [6.45, 7) is 5.89. The van der Waals surface area contributed by atoms with Crippen molar-refractivity contribution in [1.82, 2.24) is 19.5 Å². The molecule has 0 aliphatic heterocycles. The number of unbranched alkanes of at least 4 members (excludes halogenated alkanes) is 1. The summed E-state index contributed by atoms with van der Waals surface area (Å²) in [7, 11) is 0. The van der Waals surface area contributed by atoms with Gasteiger partial charge < -0.3 is 31.7 Å². The number of urea groups is 1. The van der Waals surface area contributed by atoms with Crippen LogP contribution in [0.25, 0.3) is 0 Å². The molecule has 0 unspecified atom stereocenters. The van der Waals surface area contributed by atoms with Crippen molar-refractivity contribution >= 4 is 58.4 Å². The predicted molar refractivity (Wildman–Crippen MR) is 147 cm³/mol. The lowest BCUT2D eigenvalue weighted by Crippen LogP contribution is -2.54. The Bertz CT molecular complexity index is 911. The van der Waals surface area contributed by atoms with Gasteiger partial charge in [-0.1, -0.05) is 39.3 Å². The van der Waals surface area contributed by atoms with Gasteiger partial charge >= 0.3 is 12.1 Å². The van der Waals surface area contributed by atoms with Crippen LogP contribution in [0.15, 0.2) is 24.3 Å². The number of hydrogen-bond donors (Lipinski definition) is 6. The quantitative estimate of drug-likeness (QED) is 0.0982. The van der Waals surface area contributed by atoms with Crippen molar-refractivity contribution in [2.45, 2.75) is 71.6 Å². The topological polar surface area (TPSA) is 181 Å². The molecule has 0 fully saturated rings. The fraction of sp³-hybridized carbons (Fsp3) is 0.542. The number of nitrogens with one attached hydrogen (secondary N) is 5. The average molecular weight is 633 g/mol. The molecule has 0 heterocycles. The van der Waals surface area contributed by atoms with Gasteiger partial charge in [0.1, 0.15) is 18.7 Å². The van der Waals surface area contributed by atoms with E-state index in [4.69, 9.17) is 10.5 Å². The summed E-state index contributed by atoms with van der Waals surface area (Å²) < 4.78 is 7.31. The molecule has 0 spiro atoms. The van der Waals surface area contributed by atoms with Crippen molar-refractivity contribution in [3.8, 4) is 0 Å². The zero-order chi connectivity index (χ0) is 27.8. The first-order valence-corrected chi connectivity index (χ1v) is 13.2. The van der Waals surface area contributed by atoms with Gasteiger partial charge in [0.15, 0.2) is 0 Å². The molecular formula is C24H37IN6O6. The smallest absolute Gasteiger partial charge is 0.416 e. The number of benzene rings is 1. The molecule has 0 aliphatic rings. The summed E-state index contributed by atoms with van der Waals surface area (Å²) in [5.74, 6) is -1.35. The van der Waals surface area contributed by atoms with E-state index in [2.05, 4.69) is 24.8 Å². The molecule has 0 saturated heterocycles. The molecule has 7 N–H and O–H groups in total. The van der Waals surface area contributed by atoms with Gasteiger partial charge in [-0.3, -0.25) is 17.9 Å². The lowest BCUT2D eigenvalue weighted by atomic mass is 10.0. The van der Waals surface area contributed by atoms with Crippen LogP contribution in [0.4, 0.5) is 15.3 Å². The highest BCUT2D eigenvalue weighted by Gasteiger charge is 2.28. The van der Waals surface area contributed by atoms with Gasteiger partial charge in [0.05, 0.1) is 22.9 Å². The molecule has 1 aromatic rings. The Kier molecular flexibility index (Phi) is 15.0. The van der Waals surface area contributed by atoms with Crippen molar-refractivity contribution in [2.75, 3.05) is 11.9 Å². The van der Waals surface area contributed by atoms with Crippen LogP contribution in [0.2, 0.25) is 0 Å². The summed E-state index contributed by atoms with van der Waals surface area (Å²) in [5, 5.41) is 10.7. The largest absolute Gasteiger partial charge is 0.444 e. The minimum Gasteiger partial charge on any atom is -0.444 e. The van der Waals surface area contributed by atoms with Crippen molar-refractivity contribution < 1.29 is 28.7 Å². The molecule has 0 aliphatic carbocycles. The number of carbonyl (C=O) groups is 5. The highest BCUT2D eigenvalue weighted by Crippen LogP contribution is 2.13. The van der Waals surface area contributed by atoms with Crippen molar-refractivity contribution in [2.24, 2.45) is 11.7 Å². The second-order valence-corrected chi connectivity index (χ2v) is 9.28. The van der Waals surface area contributed by atoms with Gasteiger partial charge in [0.25, 0.3) is 0 Å². The Morgan fingerprint density at radius 2 is 1.68 bits per heavy atom. The van der Waals surface area contributed by atoms with E-state index < -0.39 is 36.0 Å². The van der Waals surface area contributed by atoms with E-state index in [1.165, 1.54) is 0 Å². The van der Waals surface area contributed by atoms with Crippen LogP contribution in [-0.4, -0.2) is 48.5 Å². The molecule has 1 aromatic carbocycles. The average Bonchev–Trinajstić information content (AvgIpc) is 2.86. The van der Waals surface area contributed by atoms with E-state index in [1.54, 1.807) is 47.1 Å². The number of halogens is 1. The Morgan fingerprint density at radius 1 is 1.00 bits per heavy atom. The third kappa shape index (κ3) is 13.1. The number of amides is 6. The van der Waals surface area contributed by atoms with Crippen LogP contribution in [0.5, 0.6) is 0 Å². The van der Waals surface area contributed by atoms with E-state index in [1.807, 2.05) is 20.8 Å². The molecule has 0 radical (unpaired) electrons. The number of nitrogens with two attached hydrogens (primary N) is 1. The van der Waals surface area contributed by atoms with Crippen LogP contribution >= 0.6 is 22.9 Å². The minimum atomic E-state index is -0.925. The highest BCUT2D eigenvalue weighted by atomic mass is 127. The Labute approximate surface area is 231 Å². The first-order valence-electron chi connectivity index (χ1n) is 12.1. The Balaban J connectivity index is 2.88. The molecule has 37 heavy (non-hydrogen) atoms. The zero-order valence-corrected chi connectivity index (χ0v) is 23.6. The van der Waals surface area contributed by atoms with E-state index >= 15 is 0 Å². The zero-order valence-electron chi connectivity index (χ0n) is 21.4. The number of primary amides is 1. The maximum Gasteiger partial charge on any atom is 0.416 e. The first kappa shape index (κ1) is 31.9. The van der Waals surface area contributed by atoms with Crippen molar-refractivity contribution in [1.29, 1.82) is 0 Å². The summed E-state index contributed by atoms with van der Waals surface area (Å²) in [6, 6.07) is 4.28. The molecule has 0 saturated carbocycles. The lowest BCUT2D eigenvalue weighted by Gasteiger charge is -2.25. The fourth-order valence-electron chi connectivity index (χ4n) is 3.26. The number of carbonyl (C=O) groups excluding carboxylic acids is 5. The molecule has 6 amide bonds. The summed E-state index contributed by atoms with van der Waals surface area (Å²) in [4.78, 5) is 60.5. The summed E-state index contributed by atoms with van der Waals surface area (Å²) in [5.41, 5.74) is 6.30. The van der Waals surface area contributed by atoms with E-state index in [0.29, 0.717) is 24.9 Å². The fourth-order valence-corrected chi connectivity index (χ4v) is 3.41. The molecule has 13 heteroatoms. The second kappa shape index (κ2) is 17.4. The third-order valence-corrected chi connectivity index (χ3v) is 5.73. The van der Waals surface area contributed by atoms with Crippen LogP contribution in [0, 0.1) is 5.92 Å². The third-order valence-electron chi connectivity index (χ3n) is 5.29. The van der Waals surface area contributed by atoms with Crippen molar-refractivity contribution in [3.05, 3.63) is 29.8 Å². The van der Waals surface area contributed by atoms with Crippen LogP contribution in [-0.2, 0) is 25.7 Å². The van der Waals surface area contributed by atoms with Crippen molar-refractivity contribution in [3.63, 3.8) is 0 Å². The first-order chi connectivity index (χ1) is 17.6. The molecule has 0 aromatic heterocycles. The Morgan fingerprint density at radius 3 is 2.24 bits per heavy atom. The van der Waals surface area contributed by atoms with E-state index in [0.717, 1.165) is 12.0 Å². The van der Waals surface area contributed by atoms with Crippen LogP contribution < -0.4 is 30.5 Å². The van der Waals surface area contributed by atoms with E-state index in [9.17, 15) is 24.0 Å². The van der Waals surface area contributed by atoms with E-state index in [-0.39, 0.29) is 31.4 Å². The molecule has 0 bridgehead atoms. The van der Waals surface area contributed by atoms with Gasteiger partial charge in [-0.25, -0.2) is 9.59 Å². The molecule has 2 atom stereocenters. The van der Waals surface area contributed by atoms with Gasteiger partial charge in [-0.15, -0.1) is 0 Å². The van der Waals surface area contributed by atoms with Crippen LogP contribution in [0.1, 0.15) is 58.4 Å². The molecule has 1 rings (SSSR count). The lowest BCUT2D eigenvalue weighted by molar-refractivity contribution is -0.132. The number of rotatable bonds is 15. The number of hydrogen-bond acceptors (Lipinski definition) is 6. The predicted octanol–water partition coefficient (Wildman–Crippen LogP) is 2.47. The molecule has 206 valence electrons. The standard InChI is InChI=1S/C24H37IN6O6/c1-4-5-8-19(32)30-20(15(2)3)22(34)29-18(7-6-13-27-23(26)35)21(33)28-17-11-9-16(10-12-17)14-37-24(36)31-25/h9-12,15,18,20H,4-8,13-14H2,1-3H3,(H,28,33)(H,29,34)(H,30,32)(H,31,36)(H3,26,27,35)/t18-,20-/m0/s1. The number of ether oxygens (including phenoxy) is 1. The minimum absolute atomic E-state index is 0.0647. The number of anilines is 1. The van der Waals surface area contributed by atoms with Crippen LogP contribution in [0.3, 0.4) is 0 Å². The molecular weight excluding hydrogens is 595 g/mol. The van der Waals surface area contributed by atoms with Gasteiger partial charge in [-0.05, 0) is 42.9 Å². The Hall–Kier alpha value is -3.10. The normalized spacial score (nSPS) is 12.1. The summed E-state index contributed by atoms with van der Waals surface area (Å²) in [6.07, 6.45) is 1.93. The van der Waals surface area contributed by atoms with Gasteiger partial charge in [0.2, 0.25) is 17.7 Å². The van der Waals surface area contributed by atoms with Gasteiger partial charge in [-0.2, -0.15) is 0 Å². The summed E-state index contributed by atoms with van der Waals surface area (Å²) >= 11 is 1.67. The molecule has 12 nitrogen and oxygen atoms in total. The SMILES string of the molecule is CCCCC(=O)N[C@H](C(=O)N[C@@H](CCCNC(N)=O)C(=O)Nc1ccc(COC(=O)NI)cc1)C(C)C. The maximum atomic E-state index is 13.1. The maximum absolute atomic E-state index is 13.1.